The van der Waals surface area contributed by atoms with Crippen LogP contribution in [0.4, 0.5) is 0 Å². The number of nitrogens with zero attached hydrogens (tertiary/aromatic N) is 3. The highest BCUT2D eigenvalue weighted by atomic mass is 16.5. The molecule has 0 aromatic heterocycles. The monoisotopic (exact) mass is 167 g/mol. The molecule has 0 radical (unpaired) electrons. The van der Waals surface area contributed by atoms with Gasteiger partial charge in [-0.05, 0) is 20.8 Å². The Bertz CT molecular complexity index is 234. The van der Waals surface area contributed by atoms with Crippen LogP contribution in [0.15, 0.2) is 4.99 Å². The van der Waals surface area contributed by atoms with E-state index < -0.39 is 0 Å². The Hall–Kier alpha value is -1.24. The van der Waals surface area contributed by atoms with E-state index in [1.54, 1.807) is 6.19 Å². The van der Waals surface area contributed by atoms with Gasteiger partial charge in [0, 0.05) is 5.54 Å². The summed E-state index contributed by atoms with van der Waals surface area (Å²) in [4.78, 5) is 5.58. The fourth-order valence-corrected chi connectivity index (χ4v) is 1.16. The molecule has 0 aromatic rings. The Morgan fingerprint density at radius 3 is 2.75 bits per heavy atom. The molecule has 4 nitrogen and oxygen atoms in total. The maximum atomic E-state index is 8.37. The summed E-state index contributed by atoms with van der Waals surface area (Å²) in [5, 5.41) is 8.37. The summed E-state index contributed by atoms with van der Waals surface area (Å²) < 4.78 is 5.19. The van der Waals surface area contributed by atoms with Crippen molar-refractivity contribution in [1.82, 2.24) is 4.90 Å². The lowest BCUT2D eigenvalue weighted by Crippen LogP contribution is -2.42. The third-order valence-corrected chi connectivity index (χ3v) is 1.73. The molecule has 0 atom stereocenters. The quantitative estimate of drug-likeness (QED) is 0.505. The molecule has 0 amide bonds. The van der Waals surface area contributed by atoms with Gasteiger partial charge < -0.3 is 9.64 Å². The van der Waals surface area contributed by atoms with Crippen LogP contribution >= 0.6 is 0 Å². The lowest BCUT2D eigenvalue weighted by atomic mass is 10.1. The van der Waals surface area contributed by atoms with E-state index in [9.17, 15) is 0 Å². The van der Waals surface area contributed by atoms with E-state index in [4.69, 9.17) is 10.00 Å². The molecule has 1 aliphatic rings. The number of hydrogen-bond acceptors (Lipinski definition) is 3. The van der Waals surface area contributed by atoms with E-state index in [0.29, 0.717) is 12.6 Å². The summed E-state index contributed by atoms with van der Waals surface area (Å²) >= 11 is 0. The molecule has 12 heavy (non-hydrogen) atoms. The van der Waals surface area contributed by atoms with Crippen LogP contribution in [0.3, 0.4) is 0 Å². The van der Waals surface area contributed by atoms with E-state index in [-0.39, 0.29) is 5.54 Å². The molecule has 4 heteroatoms. The van der Waals surface area contributed by atoms with Gasteiger partial charge in [-0.3, -0.25) is 0 Å². The van der Waals surface area contributed by atoms with Crippen molar-refractivity contribution in [2.75, 3.05) is 13.2 Å². The Morgan fingerprint density at radius 2 is 2.25 bits per heavy atom. The molecule has 66 valence electrons. The molecule has 0 unspecified atom stereocenters. The Balaban J connectivity index is 2.79. The first-order chi connectivity index (χ1) is 5.55. The summed E-state index contributed by atoms with van der Waals surface area (Å²) in [6.07, 6.45) is 1.73. The minimum absolute atomic E-state index is 0.0216. The normalized spacial score (nSPS) is 20.8. The molecule has 1 rings (SSSR count). The number of nitriles is 1. The Morgan fingerprint density at radius 1 is 1.58 bits per heavy atom. The molecule has 0 aromatic carbocycles. The van der Waals surface area contributed by atoms with Crippen LogP contribution < -0.4 is 0 Å². The van der Waals surface area contributed by atoms with Crippen molar-refractivity contribution in [1.29, 1.82) is 5.26 Å². The third kappa shape index (κ3) is 1.67. The van der Waals surface area contributed by atoms with Gasteiger partial charge in [0.1, 0.15) is 6.61 Å². The molecule has 1 heterocycles. The predicted octanol–water partition coefficient (Wildman–Crippen LogP) is 0.954. The molecule has 0 bridgehead atoms. The van der Waals surface area contributed by atoms with Gasteiger partial charge in [-0.1, -0.05) is 0 Å². The fraction of sp³-hybridized carbons (Fsp3) is 0.750. The van der Waals surface area contributed by atoms with Gasteiger partial charge in [0.15, 0.2) is 0 Å². The van der Waals surface area contributed by atoms with E-state index in [0.717, 1.165) is 6.54 Å². The van der Waals surface area contributed by atoms with Gasteiger partial charge in [0.05, 0.1) is 6.54 Å². The minimum Gasteiger partial charge on any atom is -0.463 e. The lowest BCUT2D eigenvalue weighted by molar-refractivity contribution is 0.257. The minimum atomic E-state index is -0.0216. The summed E-state index contributed by atoms with van der Waals surface area (Å²) in [5.74, 6) is 0. The van der Waals surface area contributed by atoms with E-state index in [1.165, 1.54) is 0 Å². The van der Waals surface area contributed by atoms with Crippen LogP contribution in [0.5, 0.6) is 0 Å². The second-order valence-corrected chi connectivity index (χ2v) is 3.67. The lowest BCUT2D eigenvalue weighted by Gasteiger charge is -2.30. The SMILES string of the molecule is CC(C)(C)N1CCOC1=NC#N. The largest absolute Gasteiger partial charge is 0.463 e. The zero-order valence-corrected chi connectivity index (χ0v) is 7.66. The van der Waals surface area contributed by atoms with Crippen LogP contribution in [0, 0.1) is 11.5 Å². The van der Waals surface area contributed by atoms with Gasteiger partial charge in [0.2, 0.25) is 6.19 Å². The van der Waals surface area contributed by atoms with Crippen molar-refractivity contribution in [3.8, 4) is 6.19 Å². The zero-order valence-electron chi connectivity index (χ0n) is 7.66. The van der Waals surface area contributed by atoms with Gasteiger partial charge in [-0.25, -0.2) is 0 Å². The van der Waals surface area contributed by atoms with Crippen molar-refractivity contribution in [2.45, 2.75) is 26.3 Å². The standard InChI is InChI=1S/C8H13N3O/c1-8(2,3)11-4-5-12-7(11)10-6-9/h4-5H2,1-3H3. The number of ether oxygens (including phenoxy) is 1. The predicted molar refractivity (Wildman–Crippen MR) is 45.5 cm³/mol. The average molecular weight is 167 g/mol. The van der Waals surface area contributed by atoms with Gasteiger partial charge in [-0.2, -0.15) is 5.26 Å². The Labute approximate surface area is 72.4 Å². The summed E-state index contributed by atoms with van der Waals surface area (Å²) in [6.45, 7) is 7.62. The molecule has 0 saturated carbocycles. The first-order valence-corrected chi connectivity index (χ1v) is 3.93. The Kier molecular flexibility index (Phi) is 2.22. The number of hydrogen-bond donors (Lipinski definition) is 0. The maximum Gasteiger partial charge on any atom is 0.303 e. The van der Waals surface area contributed by atoms with Gasteiger partial charge >= 0.3 is 6.02 Å². The highest BCUT2D eigenvalue weighted by molar-refractivity contribution is 5.77. The van der Waals surface area contributed by atoms with Crippen molar-refractivity contribution >= 4 is 6.02 Å². The van der Waals surface area contributed by atoms with Crippen molar-refractivity contribution in [3.63, 3.8) is 0 Å². The van der Waals surface area contributed by atoms with Crippen molar-refractivity contribution < 1.29 is 4.74 Å². The van der Waals surface area contributed by atoms with Crippen LogP contribution in [0.1, 0.15) is 20.8 Å². The smallest absolute Gasteiger partial charge is 0.303 e. The highest BCUT2D eigenvalue weighted by Gasteiger charge is 2.30. The van der Waals surface area contributed by atoms with Crippen molar-refractivity contribution in [2.24, 2.45) is 4.99 Å². The van der Waals surface area contributed by atoms with Crippen LogP contribution in [0.25, 0.3) is 0 Å². The van der Waals surface area contributed by atoms with Crippen molar-refractivity contribution in [3.05, 3.63) is 0 Å². The number of amidine groups is 1. The molecule has 0 spiro atoms. The molecule has 1 saturated heterocycles. The second kappa shape index (κ2) is 3.02. The summed E-state index contributed by atoms with van der Waals surface area (Å²) in [6, 6.07) is 0.449. The van der Waals surface area contributed by atoms with Crippen LogP contribution in [-0.4, -0.2) is 29.6 Å². The second-order valence-electron chi connectivity index (χ2n) is 3.67. The van der Waals surface area contributed by atoms with Gasteiger partial charge in [-0.15, -0.1) is 4.99 Å². The molecule has 0 aliphatic carbocycles. The molecule has 1 aliphatic heterocycles. The van der Waals surface area contributed by atoms with E-state index >= 15 is 0 Å². The van der Waals surface area contributed by atoms with Crippen LogP contribution in [0.2, 0.25) is 0 Å². The zero-order chi connectivity index (χ0) is 9.19. The first-order valence-electron chi connectivity index (χ1n) is 3.93. The number of aliphatic imine (C=N–C) groups is 1. The molecular weight excluding hydrogens is 154 g/mol. The fourth-order valence-electron chi connectivity index (χ4n) is 1.16. The third-order valence-electron chi connectivity index (χ3n) is 1.73. The first kappa shape index (κ1) is 8.85. The van der Waals surface area contributed by atoms with Crippen LogP contribution in [-0.2, 0) is 4.74 Å². The number of rotatable bonds is 0. The molecule has 0 N–H and O–H groups in total. The average Bonchev–Trinajstić information content (AvgIpc) is 2.34. The molecular formula is C8H13N3O. The topological polar surface area (TPSA) is 48.6 Å². The van der Waals surface area contributed by atoms with Gasteiger partial charge in [0.25, 0.3) is 0 Å². The van der Waals surface area contributed by atoms with E-state index in [1.807, 2.05) is 4.90 Å². The summed E-state index contributed by atoms with van der Waals surface area (Å²) in [5.41, 5.74) is -0.0216. The van der Waals surface area contributed by atoms with E-state index in [2.05, 4.69) is 25.8 Å². The summed E-state index contributed by atoms with van der Waals surface area (Å²) in [7, 11) is 0. The maximum absolute atomic E-state index is 8.37. The molecule has 1 fully saturated rings. The highest BCUT2D eigenvalue weighted by Crippen LogP contribution is 2.17.